The summed E-state index contributed by atoms with van der Waals surface area (Å²) in [7, 11) is 0. The van der Waals surface area contributed by atoms with Gasteiger partial charge in [0, 0.05) is 6.61 Å². The summed E-state index contributed by atoms with van der Waals surface area (Å²) in [5.41, 5.74) is 0.677. The van der Waals surface area contributed by atoms with E-state index in [2.05, 4.69) is 4.98 Å². The summed E-state index contributed by atoms with van der Waals surface area (Å²) >= 11 is 0. The van der Waals surface area contributed by atoms with Gasteiger partial charge in [0.05, 0.1) is 25.0 Å². The molecule has 1 saturated heterocycles. The highest BCUT2D eigenvalue weighted by Gasteiger charge is 2.14. The second-order valence-corrected chi connectivity index (χ2v) is 4.32. The third-order valence-electron chi connectivity index (χ3n) is 2.85. The van der Waals surface area contributed by atoms with Crippen molar-refractivity contribution in [1.29, 1.82) is 0 Å². The lowest BCUT2D eigenvalue weighted by Crippen LogP contribution is -2.24. The summed E-state index contributed by atoms with van der Waals surface area (Å²) in [6.07, 6.45) is 3.50. The van der Waals surface area contributed by atoms with Gasteiger partial charge in [-0.2, -0.15) is 0 Å². The lowest BCUT2D eigenvalue weighted by molar-refractivity contribution is -0.0452. The van der Waals surface area contributed by atoms with Crippen LogP contribution in [0.5, 0.6) is 0 Å². The van der Waals surface area contributed by atoms with Crippen LogP contribution in [0, 0.1) is 0 Å². The van der Waals surface area contributed by atoms with Crippen LogP contribution in [0.3, 0.4) is 0 Å². The molecule has 0 radical (unpaired) electrons. The molecular formula is C13H17NO4. The highest BCUT2D eigenvalue weighted by atomic mass is 16.5. The molecule has 0 spiro atoms. The first kappa shape index (κ1) is 13.0. The van der Waals surface area contributed by atoms with E-state index in [0.29, 0.717) is 18.9 Å². The fraction of sp³-hybridized carbons (Fsp3) is 0.538. The summed E-state index contributed by atoms with van der Waals surface area (Å²) in [4.78, 5) is 14.7. The number of hydrogen-bond acceptors (Lipinski definition) is 4. The first-order valence-electron chi connectivity index (χ1n) is 6.14. The zero-order chi connectivity index (χ0) is 12.8. The number of aromatic nitrogens is 1. The average Bonchev–Trinajstić information content (AvgIpc) is 2.40. The predicted molar refractivity (Wildman–Crippen MR) is 64.4 cm³/mol. The Morgan fingerprint density at radius 1 is 1.50 bits per heavy atom. The summed E-state index contributed by atoms with van der Waals surface area (Å²) in [5.74, 6) is -1.02. The zero-order valence-corrected chi connectivity index (χ0v) is 10.2. The number of nitrogens with zero attached hydrogens (tertiary/aromatic N) is 1. The number of carboxylic acid groups (broad SMARTS) is 1. The average molecular weight is 251 g/mol. The standard InChI is InChI=1S/C13H17NO4/c15-13(16)12-6-3-4-10(14-12)8-17-9-11-5-1-2-7-18-11/h3-4,6,11H,1-2,5,7-9H2,(H,15,16). The molecule has 0 aliphatic carbocycles. The van der Waals surface area contributed by atoms with Crippen LogP contribution in [0.1, 0.15) is 35.4 Å². The molecule has 1 aliphatic heterocycles. The van der Waals surface area contributed by atoms with Crippen molar-refractivity contribution in [3.05, 3.63) is 29.6 Å². The Morgan fingerprint density at radius 3 is 3.11 bits per heavy atom. The van der Waals surface area contributed by atoms with Crippen molar-refractivity contribution in [2.75, 3.05) is 13.2 Å². The van der Waals surface area contributed by atoms with Crippen LogP contribution in [0.15, 0.2) is 18.2 Å². The quantitative estimate of drug-likeness (QED) is 0.865. The van der Waals surface area contributed by atoms with Gasteiger partial charge in [-0.25, -0.2) is 9.78 Å². The van der Waals surface area contributed by atoms with E-state index >= 15 is 0 Å². The van der Waals surface area contributed by atoms with E-state index in [4.69, 9.17) is 14.6 Å². The van der Waals surface area contributed by atoms with Crippen LogP contribution >= 0.6 is 0 Å². The van der Waals surface area contributed by atoms with Crippen molar-refractivity contribution < 1.29 is 19.4 Å². The van der Waals surface area contributed by atoms with Crippen LogP contribution in [0.2, 0.25) is 0 Å². The Hall–Kier alpha value is -1.46. The van der Waals surface area contributed by atoms with E-state index in [1.165, 1.54) is 12.5 Å². The summed E-state index contributed by atoms with van der Waals surface area (Å²) < 4.78 is 11.1. The van der Waals surface area contributed by atoms with Gasteiger partial charge < -0.3 is 14.6 Å². The molecule has 1 atom stereocenters. The second kappa shape index (κ2) is 6.47. The van der Waals surface area contributed by atoms with Crippen LogP contribution in [-0.4, -0.2) is 35.4 Å². The van der Waals surface area contributed by atoms with Crippen molar-refractivity contribution in [1.82, 2.24) is 4.98 Å². The summed E-state index contributed by atoms with van der Waals surface area (Å²) in [5, 5.41) is 8.82. The molecule has 5 nitrogen and oxygen atoms in total. The van der Waals surface area contributed by atoms with Crippen molar-refractivity contribution >= 4 is 5.97 Å². The van der Waals surface area contributed by atoms with Gasteiger partial charge in [-0.3, -0.25) is 0 Å². The van der Waals surface area contributed by atoms with Gasteiger partial charge >= 0.3 is 5.97 Å². The van der Waals surface area contributed by atoms with Gasteiger partial charge in [-0.05, 0) is 31.4 Å². The Bertz CT molecular complexity index is 402. The van der Waals surface area contributed by atoms with Crippen molar-refractivity contribution in [3.63, 3.8) is 0 Å². The van der Waals surface area contributed by atoms with Gasteiger partial charge in [-0.15, -0.1) is 0 Å². The third kappa shape index (κ3) is 3.78. The van der Waals surface area contributed by atoms with E-state index in [0.717, 1.165) is 19.4 Å². The minimum absolute atomic E-state index is 0.0463. The number of aromatic carboxylic acids is 1. The minimum atomic E-state index is -1.02. The Balaban J connectivity index is 1.78. The Morgan fingerprint density at radius 2 is 2.39 bits per heavy atom. The lowest BCUT2D eigenvalue weighted by Gasteiger charge is -2.22. The van der Waals surface area contributed by atoms with Gasteiger partial charge in [0.15, 0.2) is 0 Å². The molecular weight excluding hydrogens is 234 g/mol. The highest BCUT2D eigenvalue weighted by Crippen LogP contribution is 2.13. The Labute approximate surface area is 106 Å². The molecule has 1 aromatic heterocycles. The molecule has 0 aromatic carbocycles. The summed E-state index contributed by atoms with van der Waals surface area (Å²) in [6, 6.07) is 4.90. The van der Waals surface area contributed by atoms with Crippen molar-refractivity contribution in [2.45, 2.75) is 32.0 Å². The third-order valence-corrected chi connectivity index (χ3v) is 2.85. The van der Waals surface area contributed by atoms with Crippen molar-refractivity contribution in [3.8, 4) is 0 Å². The number of hydrogen-bond donors (Lipinski definition) is 1. The number of rotatable bonds is 5. The topological polar surface area (TPSA) is 68.7 Å². The highest BCUT2D eigenvalue weighted by molar-refractivity contribution is 5.85. The van der Waals surface area contributed by atoms with Crippen molar-refractivity contribution in [2.24, 2.45) is 0 Å². The maximum absolute atomic E-state index is 10.8. The predicted octanol–water partition coefficient (Wildman–Crippen LogP) is 1.87. The number of pyridine rings is 1. The van der Waals surface area contributed by atoms with Crippen LogP contribution in [-0.2, 0) is 16.1 Å². The molecule has 2 rings (SSSR count). The lowest BCUT2D eigenvalue weighted by atomic mass is 10.1. The fourth-order valence-corrected chi connectivity index (χ4v) is 1.91. The van der Waals surface area contributed by atoms with E-state index < -0.39 is 5.97 Å². The van der Waals surface area contributed by atoms with E-state index in [9.17, 15) is 4.79 Å². The SMILES string of the molecule is O=C(O)c1cccc(COCC2CCCCO2)n1. The number of carboxylic acids is 1. The molecule has 2 heterocycles. The molecule has 0 amide bonds. The smallest absolute Gasteiger partial charge is 0.354 e. The maximum atomic E-state index is 10.8. The normalized spacial score (nSPS) is 19.7. The maximum Gasteiger partial charge on any atom is 0.354 e. The summed E-state index contributed by atoms with van der Waals surface area (Å²) in [6.45, 7) is 1.67. The van der Waals surface area contributed by atoms with E-state index in [-0.39, 0.29) is 11.8 Å². The van der Waals surface area contributed by atoms with E-state index in [1.54, 1.807) is 12.1 Å². The minimum Gasteiger partial charge on any atom is -0.477 e. The first-order chi connectivity index (χ1) is 8.75. The molecule has 0 bridgehead atoms. The number of carbonyl (C=O) groups is 1. The van der Waals surface area contributed by atoms with E-state index in [1.807, 2.05) is 0 Å². The largest absolute Gasteiger partial charge is 0.477 e. The molecule has 1 aromatic rings. The van der Waals surface area contributed by atoms with Crippen LogP contribution in [0.25, 0.3) is 0 Å². The molecule has 1 fully saturated rings. The molecule has 1 unspecified atom stereocenters. The van der Waals surface area contributed by atoms with Gasteiger partial charge in [0.25, 0.3) is 0 Å². The van der Waals surface area contributed by atoms with Gasteiger partial charge in [-0.1, -0.05) is 6.07 Å². The molecule has 5 heteroatoms. The monoisotopic (exact) mass is 251 g/mol. The molecule has 1 aliphatic rings. The molecule has 98 valence electrons. The Kier molecular flexibility index (Phi) is 4.66. The van der Waals surface area contributed by atoms with Crippen LogP contribution < -0.4 is 0 Å². The second-order valence-electron chi connectivity index (χ2n) is 4.32. The van der Waals surface area contributed by atoms with Gasteiger partial charge in [0.2, 0.25) is 0 Å². The number of ether oxygens (including phenoxy) is 2. The zero-order valence-electron chi connectivity index (χ0n) is 10.2. The molecule has 18 heavy (non-hydrogen) atoms. The van der Waals surface area contributed by atoms with Crippen LogP contribution in [0.4, 0.5) is 0 Å². The fourth-order valence-electron chi connectivity index (χ4n) is 1.91. The van der Waals surface area contributed by atoms with Gasteiger partial charge in [0.1, 0.15) is 5.69 Å². The first-order valence-corrected chi connectivity index (χ1v) is 6.14. The molecule has 0 saturated carbocycles. The molecule has 1 N–H and O–H groups in total.